The Hall–Kier alpha value is -1.20. The van der Waals surface area contributed by atoms with Crippen LogP contribution in [0, 0.1) is 0 Å². The molecule has 3 nitrogen and oxygen atoms in total. The molecule has 1 aromatic carbocycles. The van der Waals surface area contributed by atoms with Gasteiger partial charge in [-0.05, 0) is 12.1 Å². The van der Waals surface area contributed by atoms with Crippen LogP contribution >= 0.6 is 22.9 Å². The Morgan fingerprint density at radius 1 is 1.56 bits per heavy atom. The second-order valence-corrected chi connectivity index (χ2v) is 4.44. The molecule has 0 aliphatic carbocycles. The number of alkyl halides is 2. The molecule has 2 aromatic rings. The number of para-hydroxylation sites is 1. The van der Waals surface area contributed by atoms with Crippen molar-refractivity contribution in [1.29, 1.82) is 0 Å². The molecule has 0 spiro atoms. The van der Waals surface area contributed by atoms with E-state index in [0.29, 0.717) is 5.13 Å². The number of hydrogen-bond acceptors (Lipinski definition) is 3. The molecule has 16 heavy (non-hydrogen) atoms. The molecule has 0 bridgehead atoms. The van der Waals surface area contributed by atoms with Gasteiger partial charge in [0, 0.05) is 0 Å². The van der Waals surface area contributed by atoms with E-state index in [1.54, 1.807) is 0 Å². The normalized spacial score (nSPS) is 12.6. The van der Waals surface area contributed by atoms with Gasteiger partial charge in [-0.15, -0.1) is 11.6 Å². The van der Waals surface area contributed by atoms with E-state index in [9.17, 15) is 9.18 Å². The number of anilines is 1. The van der Waals surface area contributed by atoms with E-state index < -0.39 is 12.1 Å². The van der Waals surface area contributed by atoms with E-state index in [1.807, 2.05) is 24.3 Å². The van der Waals surface area contributed by atoms with Crippen LogP contribution in [0.3, 0.4) is 0 Å². The number of nitrogens with one attached hydrogen (secondary N) is 1. The van der Waals surface area contributed by atoms with E-state index in [0.717, 1.165) is 10.2 Å². The Labute approximate surface area is 100 Å². The minimum atomic E-state index is -1.70. The third-order valence-electron chi connectivity index (χ3n) is 1.94. The molecule has 6 heteroatoms. The second-order valence-electron chi connectivity index (χ2n) is 3.10. The second kappa shape index (κ2) is 4.76. The summed E-state index contributed by atoms with van der Waals surface area (Å²) in [4.78, 5) is 15.4. The lowest BCUT2D eigenvalue weighted by Gasteiger charge is -2.02. The predicted molar refractivity (Wildman–Crippen MR) is 63.9 cm³/mol. The highest BCUT2D eigenvalue weighted by Crippen LogP contribution is 2.25. The average molecular weight is 259 g/mol. The van der Waals surface area contributed by atoms with Gasteiger partial charge < -0.3 is 0 Å². The Balaban J connectivity index is 2.18. The largest absolute Gasteiger partial charge is 0.299 e. The topological polar surface area (TPSA) is 42.0 Å². The van der Waals surface area contributed by atoms with Crippen molar-refractivity contribution in [2.45, 2.75) is 6.17 Å². The molecular formula is C10H8ClFN2OS. The molecule has 1 aromatic heterocycles. The van der Waals surface area contributed by atoms with Crippen molar-refractivity contribution in [3.8, 4) is 0 Å². The lowest BCUT2D eigenvalue weighted by Crippen LogP contribution is -2.25. The molecular weight excluding hydrogens is 251 g/mol. The number of nitrogens with zero attached hydrogens (tertiary/aromatic N) is 1. The van der Waals surface area contributed by atoms with Gasteiger partial charge in [-0.25, -0.2) is 9.37 Å². The highest BCUT2D eigenvalue weighted by molar-refractivity contribution is 7.22. The third-order valence-corrected chi connectivity index (χ3v) is 3.17. The number of rotatable bonds is 3. The Morgan fingerprint density at radius 2 is 2.31 bits per heavy atom. The molecule has 1 heterocycles. The number of aromatic nitrogens is 1. The maximum Gasteiger partial charge on any atom is 0.261 e. The predicted octanol–water partition coefficient (Wildman–Crippen LogP) is 2.81. The molecule has 84 valence electrons. The first-order valence-corrected chi connectivity index (χ1v) is 5.92. The zero-order valence-electron chi connectivity index (χ0n) is 8.11. The molecule has 1 amide bonds. The molecule has 0 aliphatic rings. The first-order valence-electron chi connectivity index (χ1n) is 4.57. The van der Waals surface area contributed by atoms with Gasteiger partial charge in [0.25, 0.3) is 5.91 Å². The first-order chi connectivity index (χ1) is 7.70. The summed E-state index contributed by atoms with van der Waals surface area (Å²) in [5.41, 5.74) is 0.782. The van der Waals surface area contributed by atoms with Gasteiger partial charge in [-0.3, -0.25) is 10.1 Å². The van der Waals surface area contributed by atoms with Crippen molar-refractivity contribution in [2.75, 3.05) is 11.2 Å². The highest BCUT2D eigenvalue weighted by Gasteiger charge is 2.17. The number of fused-ring (bicyclic) bond motifs is 1. The quantitative estimate of drug-likeness (QED) is 0.861. The van der Waals surface area contributed by atoms with Crippen LogP contribution in [0.1, 0.15) is 0 Å². The van der Waals surface area contributed by atoms with Gasteiger partial charge in [0.15, 0.2) is 11.3 Å². The summed E-state index contributed by atoms with van der Waals surface area (Å²) in [5, 5.41) is 2.78. The number of hydrogen-bond donors (Lipinski definition) is 1. The lowest BCUT2D eigenvalue weighted by molar-refractivity contribution is -0.120. The molecule has 0 radical (unpaired) electrons. The van der Waals surface area contributed by atoms with Gasteiger partial charge in [0.2, 0.25) is 0 Å². The van der Waals surface area contributed by atoms with Crippen molar-refractivity contribution in [3.63, 3.8) is 0 Å². The zero-order chi connectivity index (χ0) is 11.5. The first kappa shape index (κ1) is 11.3. The Kier molecular flexibility index (Phi) is 3.36. The summed E-state index contributed by atoms with van der Waals surface area (Å²) in [6.45, 7) is 0. The van der Waals surface area contributed by atoms with E-state index in [1.165, 1.54) is 11.3 Å². The monoisotopic (exact) mass is 258 g/mol. The summed E-state index contributed by atoms with van der Waals surface area (Å²) in [6, 6.07) is 7.44. The fraction of sp³-hybridized carbons (Fsp3) is 0.200. The SMILES string of the molecule is O=C(Nc1nc2ccccc2s1)C(F)CCl. The van der Waals surface area contributed by atoms with Gasteiger partial charge >= 0.3 is 0 Å². The fourth-order valence-electron chi connectivity index (χ4n) is 1.18. The van der Waals surface area contributed by atoms with Crippen LogP contribution < -0.4 is 5.32 Å². The van der Waals surface area contributed by atoms with Gasteiger partial charge in [-0.2, -0.15) is 0 Å². The number of carbonyl (C=O) groups excluding carboxylic acids is 1. The van der Waals surface area contributed by atoms with Crippen molar-refractivity contribution in [2.24, 2.45) is 0 Å². The molecule has 0 fully saturated rings. The number of benzene rings is 1. The Bertz CT molecular complexity index is 483. The van der Waals surface area contributed by atoms with Crippen LogP contribution in [0.5, 0.6) is 0 Å². The fourth-order valence-corrected chi connectivity index (χ4v) is 2.19. The van der Waals surface area contributed by atoms with Crippen molar-refractivity contribution < 1.29 is 9.18 Å². The Morgan fingerprint density at radius 3 is 3.00 bits per heavy atom. The minimum absolute atomic E-state index is 0.350. The van der Waals surface area contributed by atoms with Crippen LogP contribution in [0.25, 0.3) is 10.2 Å². The van der Waals surface area contributed by atoms with Crippen LogP contribution in [-0.4, -0.2) is 22.9 Å². The third kappa shape index (κ3) is 2.31. The molecule has 1 atom stereocenters. The summed E-state index contributed by atoms with van der Waals surface area (Å²) in [5.74, 6) is -1.11. The highest BCUT2D eigenvalue weighted by atomic mass is 35.5. The number of halogens is 2. The van der Waals surface area contributed by atoms with Gasteiger partial charge in [0.1, 0.15) is 0 Å². The average Bonchev–Trinajstić information content (AvgIpc) is 2.69. The zero-order valence-corrected chi connectivity index (χ0v) is 9.69. The van der Waals surface area contributed by atoms with Gasteiger partial charge in [0.05, 0.1) is 16.1 Å². The standard InChI is InChI=1S/C10H8ClFN2OS/c11-5-6(12)9(15)14-10-13-7-3-1-2-4-8(7)16-10/h1-4,6H,5H2,(H,13,14,15). The van der Waals surface area contributed by atoms with E-state index >= 15 is 0 Å². The van der Waals surface area contributed by atoms with Crippen LogP contribution in [0.4, 0.5) is 9.52 Å². The van der Waals surface area contributed by atoms with Gasteiger partial charge in [-0.1, -0.05) is 23.5 Å². The summed E-state index contributed by atoms with van der Waals surface area (Å²) in [6.07, 6.45) is -1.70. The number of thiazole rings is 1. The van der Waals surface area contributed by atoms with Crippen LogP contribution in [-0.2, 0) is 4.79 Å². The lowest BCUT2D eigenvalue weighted by atomic mass is 10.3. The maximum absolute atomic E-state index is 12.9. The molecule has 0 aliphatic heterocycles. The van der Waals surface area contributed by atoms with E-state index in [4.69, 9.17) is 11.6 Å². The molecule has 1 unspecified atom stereocenters. The van der Waals surface area contributed by atoms with Crippen molar-refractivity contribution in [1.82, 2.24) is 4.98 Å². The van der Waals surface area contributed by atoms with Crippen molar-refractivity contribution in [3.05, 3.63) is 24.3 Å². The smallest absolute Gasteiger partial charge is 0.261 e. The molecule has 2 rings (SSSR count). The number of amides is 1. The van der Waals surface area contributed by atoms with E-state index in [-0.39, 0.29) is 5.88 Å². The van der Waals surface area contributed by atoms with Crippen molar-refractivity contribution >= 4 is 44.2 Å². The summed E-state index contributed by atoms with van der Waals surface area (Å²) < 4.78 is 13.8. The maximum atomic E-state index is 12.9. The van der Waals surface area contributed by atoms with Crippen LogP contribution in [0.15, 0.2) is 24.3 Å². The van der Waals surface area contributed by atoms with E-state index in [2.05, 4.69) is 10.3 Å². The number of carbonyl (C=O) groups is 1. The molecule has 0 saturated heterocycles. The molecule has 1 N–H and O–H groups in total. The molecule has 0 saturated carbocycles. The minimum Gasteiger partial charge on any atom is -0.299 e. The van der Waals surface area contributed by atoms with Crippen LogP contribution in [0.2, 0.25) is 0 Å². The summed E-state index contributed by atoms with van der Waals surface area (Å²) in [7, 11) is 0. The summed E-state index contributed by atoms with van der Waals surface area (Å²) >= 11 is 6.54.